The van der Waals surface area contributed by atoms with E-state index in [1.807, 2.05) is 30.3 Å². The summed E-state index contributed by atoms with van der Waals surface area (Å²) in [6.45, 7) is 2.31. The van der Waals surface area contributed by atoms with Crippen molar-refractivity contribution in [3.8, 4) is 17.0 Å². The van der Waals surface area contributed by atoms with Crippen molar-refractivity contribution in [1.29, 1.82) is 0 Å². The third kappa shape index (κ3) is 5.44. The number of hydrogen-bond acceptors (Lipinski definition) is 5. The molecule has 0 saturated carbocycles. The molecule has 1 saturated heterocycles. The van der Waals surface area contributed by atoms with Crippen LogP contribution in [0.3, 0.4) is 0 Å². The van der Waals surface area contributed by atoms with Crippen molar-refractivity contribution in [3.63, 3.8) is 0 Å². The van der Waals surface area contributed by atoms with Crippen LogP contribution < -0.4 is 15.4 Å². The fourth-order valence-corrected chi connectivity index (χ4v) is 4.48. The Labute approximate surface area is 202 Å². The summed E-state index contributed by atoms with van der Waals surface area (Å²) < 4.78 is 39.7. The van der Waals surface area contributed by atoms with E-state index in [1.54, 1.807) is 24.9 Å². The van der Waals surface area contributed by atoms with Crippen LogP contribution >= 0.6 is 0 Å². The third-order valence-corrected chi connectivity index (χ3v) is 6.20. The fraction of sp³-hybridized carbons (Fsp3) is 0.360. The number of carbonyl (C=O) groups excluding carboxylic acids is 1. The average Bonchev–Trinajstić information content (AvgIpc) is 3.40. The van der Waals surface area contributed by atoms with E-state index in [2.05, 4.69) is 20.6 Å². The second kappa shape index (κ2) is 10.8. The van der Waals surface area contributed by atoms with Gasteiger partial charge < -0.3 is 14.8 Å². The number of urea groups is 1. The lowest BCUT2D eigenvalue weighted by molar-refractivity contribution is 0.159. The average molecular weight is 486 g/mol. The molecule has 0 aliphatic carbocycles. The van der Waals surface area contributed by atoms with Crippen molar-refractivity contribution in [1.82, 2.24) is 20.0 Å². The van der Waals surface area contributed by atoms with Crippen LogP contribution in [0.4, 0.5) is 19.4 Å². The Balaban J connectivity index is 1.56. The molecule has 8 nitrogen and oxygen atoms in total. The van der Waals surface area contributed by atoms with E-state index in [1.165, 1.54) is 13.2 Å². The maximum absolute atomic E-state index is 14.0. The molecule has 2 amide bonds. The molecule has 3 aromatic rings. The highest BCUT2D eigenvalue weighted by Crippen LogP contribution is 2.36. The Bertz CT molecular complexity index is 1170. The van der Waals surface area contributed by atoms with Crippen molar-refractivity contribution in [2.24, 2.45) is 7.05 Å². The van der Waals surface area contributed by atoms with E-state index < -0.39 is 17.7 Å². The Hall–Kier alpha value is -3.50. The van der Waals surface area contributed by atoms with Crippen LogP contribution in [0.2, 0.25) is 0 Å². The van der Waals surface area contributed by atoms with Crippen molar-refractivity contribution >= 4 is 11.8 Å². The van der Waals surface area contributed by atoms with Crippen LogP contribution in [0, 0.1) is 11.6 Å². The molecule has 1 aromatic heterocycles. The van der Waals surface area contributed by atoms with Gasteiger partial charge >= 0.3 is 6.03 Å². The van der Waals surface area contributed by atoms with E-state index in [9.17, 15) is 13.6 Å². The summed E-state index contributed by atoms with van der Waals surface area (Å²) >= 11 is 0. The summed E-state index contributed by atoms with van der Waals surface area (Å²) in [6.07, 6.45) is 0. The van der Waals surface area contributed by atoms with E-state index in [-0.39, 0.29) is 12.0 Å². The first-order chi connectivity index (χ1) is 16.9. The van der Waals surface area contributed by atoms with Crippen LogP contribution in [0.25, 0.3) is 11.1 Å². The maximum atomic E-state index is 14.0. The molecule has 2 aromatic carbocycles. The number of aromatic nitrogens is 2. The predicted octanol–water partition coefficient (Wildman–Crippen LogP) is 3.61. The minimum absolute atomic E-state index is 0.220. The minimum atomic E-state index is -0.907. The fourth-order valence-electron chi connectivity index (χ4n) is 4.48. The molecule has 2 unspecified atom stereocenters. The van der Waals surface area contributed by atoms with E-state index in [0.717, 1.165) is 11.6 Å². The molecule has 1 aliphatic rings. The molecule has 1 fully saturated rings. The van der Waals surface area contributed by atoms with Crippen LogP contribution in [0.15, 0.2) is 48.5 Å². The first-order valence-corrected chi connectivity index (χ1v) is 11.3. The molecule has 1 aliphatic heterocycles. The number of halogens is 2. The molecule has 0 spiro atoms. The number of aryl methyl sites for hydroxylation is 1. The van der Waals surface area contributed by atoms with E-state index >= 15 is 0 Å². The van der Waals surface area contributed by atoms with Crippen LogP contribution in [-0.4, -0.2) is 67.2 Å². The molecule has 4 rings (SSSR count). The largest absolute Gasteiger partial charge is 0.479 e. The number of likely N-dealkylation sites (tertiary alicyclic amines) is 1. The van der Waals surface area contributed by atoms with Gasteiger partial charge in [-0.2, -0.15) is 0 Å². The SMILES string of the molecule is COCCN1CC(NC(=O)Nc2c(-c3ccccc3)c(OC)nn2C)C(c2ccc(F)c(F)c2)C1. The lowest BCUT2D eigenvalue weighted by Crippen LogP contribution is -2.42. The number of methoxy groups -OCH3 is 2. The summed E-state index contributed by atoms with van der Waals surface area (Å²) in [6, 6.07) is 12.6. The summed E-state index contributed by atoms with van der Waals surface area (Å²) in [5, 5.41) is 10.3. The maximum Gasteiger partial charge on any atom is 0.320 e. The molecule has 2 N–H and O–H groups in total. The lowest BCUT2D eigenvalue weighted by atomic mass is 9.94. The number of ether oxygens (including phenoxy) is 2. The Morgan fingerprint density at radius 2 is 1.89 bits per heavy atom. The first-order valence-electron chi connectivity index (χ1n) is 11.3. The molecule has 10 heteroatoms. The summed E-state index contributed by atoms with van der Waals surface area (Å²) in [7, 11) is 4.87. The van der Waals surface area contributed by atoms with Crippen molar-refractivity contribution in [2.75, 3.05) is 45.8 Å². The minimum Gasteiger partial charge on any atom is -0.479 e. The third-order valence-electron chi connectivity index (χ3n) is 6.20. The first kappa shape index (κ1) is 24.6. The molecule has 35 heavy (non-hydrogen) atoms. The zero-order chi connectivity index (χ0) is 24.9. The van der Waals surface area contributed by atoms with Gasteiger partial charge in [0, 0.05) is 39.7 Å². The standard InChI is InChI=1S/C25H29F2N5O3/c1-31-23(22(24(30-31)35-3)16-7-5-4-6-8-16)29-25(33)28-21-15-32(11-12-34-2)14-18(21)17-9-10-19(26)20(27)13-17/h4-10,13,18,21H,11-12,14-15H2,1-3H3,(H2,28,29,33). The van der Waals surface area contributed by atoms with Crippen molar-refractivity contribution in [2.45, 2.75) is 12.0 Å². The number of anilines is 1. The van der Waals surface area contributed by atoms with Crippen molar-refractivity contribution < 1.29 is 23.0 Å². The second-order valence-corrected chi connectivity index (χ2v) is 8.46. The molecule has 0 radical (unpaired) electrons. The summed E-state index contributed by atoms with van der Waals surface area (Å²) in [4.78, 5) is 15.3. The van der Waals surface area contributed by atoms with E-state index in [0.29, 0.717) is 49.1 Å². The van der Waals surface area contributed by atoms with Crippen LogP contribution in [0.5, 0.6) is 5.88 Å². The number of rotatable bonds is 8. The number of hydrogen-bond donors (Lipinski definition) is 2. The topological polar surface area (TPSA) is 80.7 Å². The second-order valence-electron chi connectivity index (χ2n) is 8.46. The number of nitrogens with zero attached hydrogens (tertiary/aromatic N) is 3. The smallest absolute Gasteiger partial charge is 0.320 e. The Morgan fingerprint density at radius 3 is 2.57 bits per heavy atom. The highest BCUT2D eigenvalue weighted by atomic mass is 19.2. The van der Waals surface area contributed by atoms with Crippen molar-refractivity contribution in [3.05, 3.63) is 65.7 Å². The van der Waals surface area contributed by atoms with Gasteiger partial charge in [0.25, 0.3) is 0 Å². The zero-order valence-electron chi connectivity index (χ0n) is 19.9. The van der Waals surface area contributed by atoms with Crippen LogP contribution in [0.1, 0.15) is 11.5 Å². The highest BCUT2D eigenvalue weighted by molar-refractivity contribution is 5.94. The Morgan fingerprint density at radius 1 is 1.11 bits per heavy atom. The monoisotopic (exact) mass is 485 g/mol. The van der Waals surface area contributed by atoms with Gasteiger partial charge in [-0.05, 0) is 23.3 Å². The highest BCUT2D eigenvalue weighted by Gasteiger charge is 2.35. The normalized spacial score (nSPS) is 18.0. The van der Waals surface area contributed by atoms with Gasteiger partial charge in [0.1, 0.15) is 5.82 Å². The summed E-state index contributed by atoms with van der Waals surface area (Å²) in [5.41, 5.74) is 2.14. The summed E-state index contributed by atoms with van der Waals surface area (Å²) in [5.74, 6) is -1.16. The van der Waals surface area contributed by atoms with Gasteiger partial charge in [-0.1, -0.05) is 36.4 Å². The number of amides is 2. The number of nitrogens with one attached hydrogen (secondary N) is 2. The van der Waals surface area contributed by atoms with E-state index in [4.69, 9.17) is 9.47 Å². The number of carbonyl (C=O) groups is 1. The predicted molar refractivity (Wildman–Crippen MR) is 129 cm³/mol. The number of benzene rings is 2. The Kier molecular flexibility index (Phi) is 7.62. The molecule has 186 valence electrons. The zero-order valence-corrected chi connectivity index (χ0v) is 19.9. The van der Waals surface area contributed by atoms with Gasteiger partial charge in [-0.15, -0.1) is 5.10 Å². The van der Waals surface area contributed by atoms with Crippen LogP contribution in [-0.2, 0) is 11.8 Å². The molecular weight excluding hydrogens is 456 g/mol. The lowest BCUT2D eigenvalue weighted by Gasteiger charge is -2.21. The van der Waals surface area contributed by atoms with Gasteiger partial charge in [-0.3, -0.25) is 10.2 Å². The molecule has 2 atom stereocenters. The van der Waals surface area contributed by atoms with Gasteiger partial charge in [-0.25, -0.2) is 18.3 Å². The molecular formula is C25H29F2N5O3. The molecule has 0 bridgehead atoms. The van der Waals surface area contributed by atoms with Gasteiger partial charge in [0.2, 0.25) is 5.88 Å². The van der Waals surface area contributed by atoms with Gasteiger partial charge in [0.15, 0.2) is 11.6 Å². The molecule has 2 heterocycles. The van der Waals surface area contributed by atoms with Gasteiger partial charge in [0.05, 0.1) is 25.3 Å². The quantitative estimate of drug-likeness (QED) is 0.510.